The number of hydrogen-bond donors (Lipinski definition) is 2. The van der Waals surface area contributed by atoms with Crippen LogP contribution >= 0.6 is 23.2 Å². The summed E-state index contributed by atoms with van der Waals surface area (Å²) in [7, 11) is 0. The molecule has 1 fully saturated rings. The third-order valence-corrected chi connectivity index (χ3v) is 4.87. The second-order valence-electron chi connectivity index (χ2n) is 5.99. The molecule has 1 aliphatic rings. The highest BCUT2D eigenvalue weighted by atomic mass is 35.5. The number of halogens is 2. The summed E-state index contributed by atoms with van der Waals surface area (Å²) in [6, 6.07) is 6.70. The van der Waals surface area contributed by atoms with Gasteiger partial charge in [-0.3, -0.25) is 9.59 Å². The average molecular weight is 409 g/mol. The van der Waals surface area contributed by atoms with E-state index in [0.29, 0.717) is 40.8 Å². The highest BCUT2D eigenvalue weighted by Gasteiger charge is 2.21. The molecular formula is C18H18Cl2N4O3. The number of amides is 2. The molecule has 2 heterocycles. The van der Waals surface area contributed by atoms with Crippen LogP contribution in [0.5, 0.6) is 5.75 Å². The van der Waals surface area contributed by atoms with Gasteiger partial charge in [0.1, 0.15) is 6.61 Å². The molecule has 0 bridgehead atoms. The van der Waals surface area contributed by atoms with E-state index in [1.54, 1.807) is 23.1 Å². The van der Waals surface area contributed by atoms with Gasteiger partial charge in [-0.1, -0.05) is 29.3 Å². The van der Waals surface area contributed by atoms with Crippen LogP contribution in [-0.4, -0.2) is 41.3 Å². The quantitative estimate of drug-likeness (QED) is 0.809. The number of nitrogens with two attached hydrogens (primary N) is 1. The summed E-state index contributed by atoms with van der Waals surface area (Å²) in [5, 5.41) is 3.68. The van der Waals surface area contributed by atoms with E-state index in [1.807, 2.05) is 0 Å². The van der Waals surface area contributed by atoms with Gasteiger partial charge in [-0.15, -0.1) is 0 Å². The van der Waals surface area contributed by atoms with Crippen LogP contribution in [0.3, 0.4) is 0 Å². The van der Waals surface area contributed by atoms with Gasteiger partial charge in [0, 0.05) is 47.9 Å². The van der Waals surface area contributed by atoms with Crippen LogP contribution in [0, 0.1) is 0 Å². The van der Waals surface area contributed by atoms with Gasteiger partial charge in [0.05, 0.1) is 5.56 Å². The van der Waals surface area contributed by atoms with Gasteiger partial charge in [-0.05, 0) is 18.2 Å². The average Bonchev–Trinajstić information content (AvgIpc) is 2.86. The SMILES string of the molecule is Nc1ncc(C(=O)N2CCNC(=O)CC2)cc1OCc1c(Cl)cccc1Cl. The van der Waals surface area contributed by atoms with Gasteiger partial charge >= 0.3 is 0 Å². The minimum absolute atomic E-state index is 0.0682. The molecule has 1 aliphatic heterocycles. The number of carbonyl (C=O) groups is 2. The summed E-state index contributed by atoms with van der Waals surface area (Å²) in [6.45, 7) is 1.28. The van der Waals surface area contributed by atoms with Gasteiger partial charge in [-0.2, -0.15) is 0 Å². The molecule has 3 rings (SSSR count). The van der Waals surface area contributed by atoms with E-state index >= 15 is 0 Å². The van der Waals surface area contributed by atoms with Crippen LogP contribution < -0.4 is 15.8 Å². The summed E-state index contributed by atoms with van der Waals surface area (Å²) < 4.78 is 5.71. The van der Waals surface area contributed by atoms with E-state index in [1.165, 1.54) is 12.3 Å². The van der Waals surface area contributed by atoms with Gasteiger partial charge in [0.2, 0.25) is 5.91 Å². The molecule has 9 heteroatoms. The van der Waals surface area contributed by atoms with Crippen molar-refractivity contribution in [3.05, 3.63) is 51.6 Å². The Labute approximate surface area is 166 Å². The molecule has 27 heavy (non-hydrogen) atoms. The minimum Gasteiger partial charge on any atom is -0.485 e. The van der Waals surface area contributed by atoms with Crippen LogP contribution in [0.15, 0.2) is 30.5 Å². The topological polar surface area (TPSA) is 97.5 Å². The molecule has 2 aromatic rings. The standard InChI is InChI=1S/C18H18Cl2N4O3/c19-13-2-1-3-14(20)12(13)10-27-15-8-11(9-23-17(15)21)18(26)24-6-4-16(25)22-5-7-24/h1-3,8-9H,4-7,10H2,(H2,21,23)(H,22,25). The van der Waals surface area contributed by atoms with Crippen molar-refractivity contribution in [2.24, 2.45) is 0 Å². The lowest BCUT2D eigenvalue weighted by Gasteiger charge is -2.20. The molecule has 0 radical (unpaired) electrons. The number of nitrogens with one attached hydrogen (secondary N) is 1. The maximum absolute atomic E-state index is 12.7. The number of ether oxygens (including phenoxy) is 1. The lowest BCUT2D eigenvalue weighted by atomic mass is 10.2. The molecule has 1 aromatic heterocycles. The van der Waals surface area contributed by atoms with Crippen molar-refractivity contribution >= 4 is 40.8 Å². The highest BCUT2D eigenvalue weighted by molar-refractivity contribution is 6.35. The first-order valence-corrected chi connectivity index (χ1v) is 9.08. The lowest BCUT2D eigenvalue weighted by molar-refractivity contribution is -0.120. The van der Waals surface area contributed by atoms with Crippen molar-refractivity contribution in [3.63, 3.8) is 0 Å². The fraction of sp³-hybridized carbons (Fsp3) is 0.278. The summed E-state index contributed by atoms with van der Waals surface area (Å²) >= 11 is 12.3. The molecule has 1 saturated heterocycles. The zero-order chi connectivity index (χ0) is 19.4. The first-order chi connectivity index (χ1) is 13.0. The Hall–Kier alpha value is -2.51. The molecule has 2 amide bonds. The van der Waals surface area contributed by atoms with E-state index in [9.17, 15) is 9.59 Å². The van der Waals surface area contributed by atoms with Crippen LogP contribution in [0.4, 0.5) is 5.82 Å². The maximum atomic E-state index is 12.7. The monoisotopic (exact) mass is 408 g/mol. The van der Waals surface area contributed by atoms with Crippen molar-refractivity contribution in [1.29, 1.82) is 0 Å². The van der Waals surface area contributed by atoms with Gasteiger partial charge in [0.25, 0.3) is 5.91 Å². The number of rotatable bonds is 4. The third kappa shape index (κ3) is 4.61. The fourth-order valence-electron chi connectivity index (χ4n) is 2.66. The fourth-order valence-corrected chi connectivity index (χ4v) is 3.17. The smallest absolute Gasteiger partial charge is 0.255 e. The predicted octanol–water partition coefficient (Wildman–Crippen LogP) is 2.51. The number of carbonyl (C=O) groups excluding carboxylic acids is 2. The number of anilines is 1. The highest BCUT2D eigenvalue weighted by Crippen LogP contribution is 2.28. The van der Waals surface area contributed by atoms with Crippen molar-refractivity contribution in [3.8, 4) is 5.75 Å². The number of nitrogen functional groups attached to an aromatic ring is 1. The Morgan fingerprint density at radius 2 is 2.04 bits per heavy atom. The van der Waals surface area contributed by atoms with Crippen LogP contribution in [0.2, 0.25) is 10.0 Å². The van der Waals surface area contributed by atoms with Gasteiger partial charge in [-0.25, -0.2) is 4.98 Å². The molecule has 3 N–H and O–H groups in total. The molecule has 0 saturated carbocycles. The Morgan fingerprint density at radius 3 is 2.78 bits per heavy atom. The van der Waals surface area contributed by atoms with E-state index < -0.39 is 0 Å². The van der Waals surface area contributed by atoms with E-state index in [0.717, 1.165) is 0 Å². The van der Waals surface area contributed by atoms with Crippen molar-refractivity contribution in [1.82, 2.24) is 15.2 Å². The molecular weight excluding hydrogens is 391 g/mol. The van der Waals surface area contributed by atoms with E-state index in [4.69, 9.17) is 33.7 Å². The van der Waals surface area contributed by atoms with Crippen LogP contribution in [0.1, 0.15) is 22.3 Å². The van der Waals surface area contributed by atoms with E-state index in [-0.39, 0.29) is 36.4 Å². The van der Waals surface area contributed by atoms with Gasteiger partial charge in [0.15, 0.2) is 11.6 Å². The first kappa shape index (κ1) is 19.3. The molecule has 0 atom stereocenters. The summed E-state index contributed by atoms with van der Waals surface area (Å²) in [4.78, 5) is 29.8. The Bertz CT molecular complexity index is 855. The molecule has 0 aliphatic carbocycles. The second kappa shape index (κ2) is 8.45. The summed E-state index contributed by atoms with van der Waals surface area (Å²) in [5.41, 5.74) is 6.82. The Balaban J connectivity index is 1.76. The lowest BCUT2D eigenvalue weighted by Crippen LogP contribution is -2.34. The second-order valence-corrected chi connectivity index (χ2v) is 6.80. The van der Waals surface area contributed by atoms with Gasteiger partial charge < -0.3 is 20.7 Å². The van der Waals surface area contributed by atoms with Crippen LogP contribution in [-0.2, 0) is 11.4 Å². The van der Waals surface area contributed by atoms with Crippen molar-refractivity contribution < 1.29 is 14.3 Å². The van der Waals surface area contributed by atoms with Crippen molar-refractivity contribution in [2.75, 3.05) is 25.4 Å². The number of pyridine rings is 1. The number of nitrogens with zero attached hydrogens (tertiary/aromatic N) is 2. The zero-order valence-corrected chi connectivity index (χ0v) is 15.9. The minimum atomic E-state index is -0.236. The predicted molar refractivity (Wildman–Crippen MR) is 103 cm³/mol. The third-order valence-electron chi connectivity index (χ3n) is 4.16. The molecule has 1 aromatic carbocycles. The summed E-state index contributed by atoms with van der Waals surface area (Å²) in [5.74, 6) is 0.115. The normalized spacial score (nSPS) is 14.4. The van der Waals surface area contributed by atoms with E-state index in [2.05, 4.69) is 10.3 Å². The largest absolute Gasteiger partial charge is 0.485 e. The zero-order valence-electron chi connectivity index (χ0n) is 14.4. The van der Waals surface area contributed by atoms with Crippen molar-refractivity contribution in [2.45, 2.75) is 13.0 Å². The van der Waals surface area contributed by atoms with Crippen LogP contribution in [0.25, 0.3) is 0 Å². The molecule has 0 unspecified atom stereocenters. The molecule has 7 nitrogen and oxygen atoms in total. The molecule has 142 valence electrons. The molecule has 0 spiro atoms. The Morgan fingerprint density at radius 1 is 1.30 bits per heavy atom. The maximum Gasteiger partial charge on any atom is 0.255 e. The first-order valence-electron chi connectivity index (χ1n) is 8.33. The number of benzene rings is 1. The number of hydrogen-bond acceptors (Lipinski definition) is 5. The Kier molecular flexibility index (Phi) is 6.03. The number of aromatic nitrogens is 1. The summed E-state index contributed by atoms with van der Waals surface area (Å²) in [6.07, 6.45) is 1.66.